The van der Waals surface area contributed by atoms with E-state index in [0.29, 0.717) is 17.8 Å². The van der Waals surface area contributed by atoms with Gasteiger partial charge in [-0.2, -0.15) is 0 Å². The second kappa shape index (κ2) is 6.46. The van der Waals surface area contributed by atoms with E-state index in [-0.39, 0.29) is 5.56 Å². The molecule has 7 heteroatoms. The largest absolute Gasteiger partial charge is 0.356 e. The number of aromatic nitrogens is 4. The van der Waals surface area contributed by atoms with Crippen LogP contribution in [0.15, 0.2) is 35.8 Å². The fourth-order valence-electron chi connectivity index (χ4n) is 4.40. The van der Waals surface area contributed by atoms with Crippen molar-refractivity contribution in [3.63, 3.8) is 0 Å². The molecular formula is C19H24N6O. The molecule has 0 radical (unpaired) electrons. The first kappa shape index (κ1) is 15.9. The summed E-state index contributed by atoms with van der Waals surface area (Å²) in [6.07, 6.45) is 9.11. The fraction of sp³-hybridized carbons (Fsp3) is 0.579. The highest BCUT2D eigenvalue weighted by Crippen LogP contribution is 2.40. The van der Waals surface area contributed by atoms with Gasteiger partial charge in [0.25, 0.3) is 5.56 Å². The van der Waals surface area contributed by atoms with Crippen molar-refractivity contribution in [1.29, 1.82) is 0 Å². The second-order valence-corrected chi connectivity index (χ2v) is 7.87. The second-order valence-electron chi connectivity index (χ2n) is 7.87. The number of rotatable bonds is 5. The van der Waals surface area contributed by atoms with Crippen LogP contribution in [0.2, 0.25) is 0 Å². The lowest BCUT2D eigenvalue weighted by molar-refractivity contribution is 0.300. The van der Waals surface area contributed by atoms with Gasteiger partial charge < -0.3 is 14.4 Å². The summed E-state index contributed by atoms with van der Waals surface area (Å²) in [6.45, 7) is 6.05. The summed E-state index contributed by atoms with van der Waals surface area (Å²) in [4.78, 5) is 29.5. The van der Waals surface area contributed by atoms with Gasteiger partial charge in [-0.1, -0.05) is 0 Å². The Morgan fingerprint density at radius 1 is 1.04 bits per heavy atom. The molecule has 2 saturated heterocycles. The topological polar surface area (TPSA) is 67.2 Å². The van der Waals surface area contributed by atoms with Crippen molar-refractivity contribution < 1.29 is 0 Å². The van der Waals surface area contributed by atoms with Gasteiger partial charge in [0.05, 0.1) is 6.20 Å². The maximum absolute atomic E-state index is 11.8. The van der Waals surface area contributed by atoms with Crippen LogP contribution in [0.5, 0.6) is 0 Å². The van der Waals surface area contributed by atoms with Crippen LogP contribution in [-0.2, 0) is 6.54 Å². The lowest BCUT2D eigenvalue weighted by atomic mass is 10.0. The van der Waals surface area contributed by atoms with E-state index in [2.05, 4.69) is 30.8 Å². The van der Waals surface area contributed by atoms with Gasteiger partial charge in [0, 0.05) is 69.3 Å². The summed E-state index contributed by atoms with van der Waals surface area (Å²) in [5.74, 6) is 3.17. The molecule has 136 valence electrons. The van der Waals surface area contributed by atoms with Crippen LogP contribution in [0.25, 0.3) is 0 Å². The highest BCUT2D eigenvalue weighted by molar-refractivity contribution is 5.42. The SMILES string of the molecule is O=c1cnccn1CCN1CC2CN(c3cc(C4CC4)ncn3)CC2C1. The Labute approximate surface area is 152 Å². The molecule has 4 heterocycles. The van der Waals surface area contributed by atoms with Gasteiger partial charge in [-0.25, -0.2) is 9.97 Å². The minimum atomic E-state index is -0.0201. The third kappa shape index (κ3) is 3.11. The van der Waals surface area contributed by atoms with Crippen LogP contribution >= 0.6 is 0 Å². The van der Waals surface area contributed by atoms with Crippen LogP contribution in [0, 0.1) is 11.8 Å². The average Bonchev–Trinajstić information content (AvgIpc) is 3.33. The van der Waals surface area contributed by atoms with Crippen LogP contribution in [0.1, 0.15) is 24.5 Å². The Kier molecular flexibility index (Phi) is 3.96. The molecule has 2 aliphatic heterocycles. The van der Waals surface area contributed by atoms with Gasteiger partial charge in [0.1, 0.15) is 12.1 Å². The third-order valence-corrected chi connectivity index (χ3v) is 6.01. The summed E-state index contributed by atoms with van der Waals surface area (Å²) in [5.41, 5.74) is 1.20. The van der Waals surface area contributed by atoms with Gasteiger partial charge in [-0.3, -0.25) is 9.78 Å². The van der Waals surface area contributed by atoms with Gasteiger partial charge >= 0.3 is 0 Å². The van der Waals surface area contributed by atoms with E-state index in [1.54, 1.807) is 23.3 Å². The first-order valence-corrected chi connectivity index (χ1v) is 9.56. The number of hydrogen-bond donors (Lipinski definition) is 0. The first-order chi connectivity index (χ1) is 12.8. The Bertz CT molecular complexity index is 834. The smallest absolute Gasteiger partial charge is 0.269 e. The van der Waals surface area contributed by atoms with Gasteiger partial charge in [0.2, 0.25) is 0 Å². The molecule has 3 aliphatic rings. The van der Waals surface area contributed by atoms with Crippen molar-refractivity contribution in [3.05, 3.63) is 47.0 Å². The molecule has 1 saturated carbocycles. The van der Waals surface area contributed by atoms with Crippen LogP contribution < -0.4 is 10.5 Å². The van der Waals surface area contributed by atoms with Crippen molar-refractivity contribution >= 4 is 5.82 Å². The Balaban J connectivity index is 1.18. The van der Waals surface area contributed by atoms with E-state index in [9.17, 15) is 4.79 Å². The summed E-state index contributed by atoms with van der Waals surface area (Å²) < 4.78 is 1.74. The lowest BCUT2D eigenvalue weighted by Crippen LogP contribution is -2.33. The molecule has 0 bridgehead atoms. The lowest BCUT2D eigenvalue weighted by Gasteiger charge is -2.22. The predicted octanol–water partition coefficient (Wildman–Crippen LogP) is 0.979. The van der Waals surface area contributed by atoms with Crippen LogP contribution in [-0.4, -0.2) is 57.1 Å². The molecule has 2 aromatic heterocycles. The number of fused-ring (bicyclic) bond motifs is 1. The Hall–Kier alpha value is -2.28. The molecule has 2 unspecified atom stereocenters. The van der Waals surface area contributed by atoms with Gasteiger partial charge in [0.15, 0.2) is 0 Å². The molecular weight excluding hydrogens is 328 g/mol. The van der Waals surface area contributed by atoms with Crippen LogP contribution in [0.4, 0.5) is 5.82 Å². The standard InChI is InChI=1S/C19H24N6O/c26-19-8-20-3-4-24(19)6-5-23-9-15-11-25(12-16(15)10-23)18-7-17(14-1-2-14)21-13-22-18/h3-4,7-8,13-16H,1-2,5-6,9-12H2. The minimum absolute atomic E-state index is 0.0201. The molecule has 7 nitrogen and oxygen atoms in total. The zero-order valence-corrected chi connectivity index (χ0v) is 14.9. The molecule has 3 fully saturated rings. The normalized spacial score (nSPS) is 25.6. The fourth-order valence-corrected chi connectivity index (χ4v) is 4.40. The minimum Gasteiger partial charge on any atom is -0.356 e. The maximum Gasteiger partial charge on any atom is 0.269 e. The van der Waals surface area contributed by atoms with Crippen LogP contribution in [0.3, 0.4) is 0 Å². The zero-order valence-electron chi connectivity index (χ0n) is 14.9. The number of likely N-dealkylation sites (tertiary alicyclic amines) is 1. The van der Waals surface area contributed by atoms with Crippen molar-refractivity contribution in [2.24, 2.45) is 11.8 Å². The van der Waals surface area contributed by atoms with E-state index >= 15 is 0 Å². The summed E-state index contributed by atoms with van der Waals surface area (Å²) >= 11 is 0. The molecule has 5 rings (SSSR count). The summed E-state index contributed by atoms with van der Waals surface area (Å²) in [7, 11) is 0. The Morgan fingerprint density at radius 2 is 1.85 bits per heavy atom. The monoisotopic (exact) mass is 352 g/mol. The predicted molar refractivity (Wildman–Crippen MR) is 98.1 cm³/mol. The molecule has 1 aliphatic carbocycles. The Morgan fingerprint density at radius 3 is 2.58 bits per heavy atom. The first-order valence-electron chi connectivity index (χ1n) is 9.56. The van der Waals surface area contributed by atoms with Crippen molar-refractivity contribution in [2.45, 2.75) is 25.3 Å². The van der Waals surface area contributed by atoms with E-state index in [1.807, 2.05) is 0 Å². The number of nitrogens with zero attached hydrogens (tertiary/aromatic N) is 6. The molecule has 0 N–H and O–H groups in total. The van der Waals surface area contributed by atoms with E-state index in [4.69, 9.17) is 0 Å². The highest BCUT2D eigenvalue weighted by atomic mass is 16.1. The van der Waals surface area contributed by atoms with E-state index < -0.39 is 0 Å². The molecule has 0 amide bonds. The third-order valence-electron chi connectivity index (χ3n) is 6.01. The highest BCUT2D eigenvalue weighted by Gasteiger charge is 2.40. The van der Waals surface area contributed by atoms with Crippen molar-refractivity contribution in [3.8, 4) is 0 Å². The number of hydrogen-bond acceptors (Lipinski definition) is 6. The molecule has 0 spiro atoms. The van der Waals surface area contributed by atoms with Gasteiger partial charge in [-0.15, -0.1) is 0 Å². The van der Waals surface area contributed by atoms with E-state index in [0.717, 1.165) is 45.1 Å². The molecule has 2 atom stereocenters. The zero-order chi connectivity index (χ0) is 17.5. The summed E-state index contributed by atoms with van der Waals surface area (Å²) in [5, 5.41) is 0. The molecule has 2 aromatic rings. The van der Waals surface area contributed by atoms with Crippen molar-refractivity contribution in [1.82, 2.24) is 24.4 Å². The maximum atomic E-state index is 11.8. The van der Waals surface area contributed by atoms with Crippen molar-refractivity contribution in [2.75, 3.05) is 37.6 Å². The van der Waals surface area contributed by atoms with Gasteiger partial charge in [-0.05, 0) is 24.7 Å². The molecule has 0 aromatic carbocycles. The summed E-state index contributed by atoms with van der Waals surface area (Å²) in [6, 6.07) is 2.20. The number of anilines is 1. The molecule has 26 heavy (non-hydrogen) atoms. The quantitative estimate of drug-likeness (QED) is 0.799. The average molecular weight is 352 g/mol. The van der Waals surface area contributed by atoms with E-state index in [1.165, 1.54) is 24.7 Å².